The Bertz CT molecular complexity index is 1050. The molecule has 3 rings (SSSR count). The molecule has 11 heteroatoms. The minimum absolute atomic E-state index is 0.00986. The standard InChI is InChI=1S/C19H22F2N6O2S.C2H6/c1-4-22-12-6-15(26-16-11(20)5-13-18(27-16)30-9-25-13)23-7-10(12)17(28)24-8-14(21)19(2,3)29;1-2/h5-7,9,14,29H,4,8H2,1-3H3,(H,24,28)(H2,22,23,26,27);1-2H3. The maximum Gasteiger partial charge on any atom is 0.255 e. The number of carbonyl (C=O) groups is 1. The van der Waals surface area contributed by atoms with Gasteiger partial charge in [0.25, 0.3) is 5.91 Å². The Labute approximate surface area is 189 Å². The van der Waals surface area contributed by atoms with Crippen molar-refractivity contribution < 1.29 is 18.7 Å². The average Bonchev–Trinajstić information content (AvgIpc) is 3.20. The van der Waals surface area contributed by atoms with E-state index in [4.69, 9.17) is 0 Å². The van der Waals surface area contributed by atoms with Crippen molar-refractivity contribution in [3.05, 3.63) is 35.2 Å². The van der Waals surface area contributed by atoms with E-state index in [1.165, 1.54) is 37.4 Å². The first-order chi connectivity index (χ1) is 15.2. The van der Waals surface area contributed by atoms with Gasteiger partial charge in [0.2, 0.25) is 0 Å². The molecule has 32 heavy (non-hydrogen) atoms. The van der Waals surface area contributed by atoms with Crippen LogP contribution in [0.4, 0.5) is 26.1 Å². The van der Waals surface area contributed by atoms with E-state index < -0.39 is 23.5 Å². The smallest absolute Gasteiger partial charge is 0.255 e. The summed E-state index contributed by atoms with van der Waals surface area (Å²) in [5.74, 6) is -0.864. The number of rotatable bonds is 8. The number of fused-ring (bicyclic) bond motifs is 1. The summed E-state index contributed by atoms with van der Waals surface area (Å²) in [6.07, 6.45) is -0.329. The highest BCUT2D eigenvalue weighted by molar-refractivity contribution is 7.16. The number of amides is 1. The van der Waals surface area contributed by atoms with Gasteiger partial charge in [0, 0.05) is 24.9 Å². The van der Waals surface area contributed by atoms with Crippen LogP contribution in [0, 0.1) is 5.82 Å². The maximum atomic E-state index is 14.3. The molecule has 0 radical (unpaired) electrons. The third kappa shape index (κ3) is 6.30. The molecular weight excluding hydrogens is 438 g/mol. The van der Waals surface area contributed by atoms with Gasteiger partial charge in [-0.2, -0.15) is 0 Å². The lowest BCUT2D eigenvalue weighted by molar-refractivity contribution is -0.00177. The maximum absolute atomic E-state index is 14.3. The lowest BCUT2D eigenvalue weighted by atomic mass is 10.0. The van der Waals surface area contributed by atoms with Gasteiger partial charge in [-0.25, -0.2) is 23.7 Å². The van der Waals surface area contributed by atoms with Crippen LogP contribution in [0.1, 0.15) is 45.0 Å². The van der Waals surface area contributed by atoms with Crippen molar-refractivity contribution in [1.29, 1.82) is 0 Å². The SMILES string of the molecule is CC.CCNc1cc(Nc2nc3scnc3cc2F)ncc1C(=O)NCC(F)C(C)(C)O. The van der Waals surface area contributed by atoms with Crippen LogP contribution in [0.25, 0.3) is 10.3 Å². The number of aromatic nitrogens is 3. The summed E-state index contributed by atoms with van der Waals surface area (Å²) in [5.41, 5.74) is 1.10. The number of aliphatic hydroxyl groups is 1. The summed E-state index contributed by atoms with van der Waals surface area (Å²) < 4.78 is 28.2. The second kappa shape index (κ2) is 11.1. The molecular formula is C21H28F2N6O2S. The first-order valence-corrected chi connectivity index (χ1v) is 11.1. The highest BCUT2D eigenvalue weighted by Gasteiger charge is 2.27. The van der Waals surface area contributed by atoms with Gasteiger partial charge < -0.3 is 21.1 Å². The van der Waals surface area contributed by atoms with E-state index in [0.717, 1.165) is 0 Å². The number of alkyl halides is 1. The number of carbonyl (C=O) groups excluding carboxylic acids is 1. The molecule has 0 spiro atoms. The van der Waals surface area contributed by atoms with E-state index >= 15 is 0 Å². The molecule has 8 nitrogen and oxygen atoms in total. The van der Waals surface area contributed by atoms with Crippen molar-refractivity contribution in [3.63, 3.8) is 0 Å². The van der Waals surface area contributed by atoms with E-state index in [2.05, 4.69) is 30.9 Å². The topological polar surface area (TPSA) is 112 Å². The second-order valence-corrected chi connectivity index (χ2v) is 7.93. The molecule has 3 aromatic heterocycles. The van der Waals surface area contributed by atoms with Crippen molar-refractivity contribution in [1.82, 2.24) is 20.3 Å². The van der Waals surface area contributed by atoms with Gasteiger partial charge in [0.05, 0.1) is 28.9 Å². The fourth-order valence-electron chi connectivity index (χ4n) is 2.55. The summed E-state index contributed by atoms with van der Waals surface area (Å²) >= 11 is 1.28. The van der Waals surface area contributed by atoms with Gasteiger partial charge in [0.1, 0.15) is 22.3 Å². The predicted molar refractivity (Wildman–Crippen MR) is 124 cm³/mol. The van der Waals surface area contributed by atoms with E-state index in [9.17, 15) is 18.7 Å². The van der Waals surface area contributed by atoms with E-state index in [1.54, 1.807) is 11.6 Å². The molecule has 0 fully saturated rings. The van der Waals surface area contributed by atoms with Crippen LogP contribution < -0.4 is 16.0 Å². The van der Waals surface area contributed by atoms with Crippen molar-refractivity contribution in [2.24, 2.45) is 0 Å². The summed E-state index contributed by atoms with van der Waals surface area (Å²) in [6, 6.07) is 2.82. The van der Waals surface area contributed by atoms with Crippen molar-refractivity contribution >= 4 is 44.9 Å². The predicted octanol–water partition coefficient (Wildman–Crippen LogP) is 4.27. The van der Waals surface area contributed by atoms with Crippen LogP contribution in [-0.2, 0) is 0 Å². The normalized spacial score (nSPS) is 12.0. The molecule has 0 saturated heterocycles. The van der Waals surface area contributed by atoms with E-state index in [-0.39, 0.29) is 23.7 Å². The second-order valence-electron chi connectivity index (χ2n) is 7.10. The number of hydrogen-bond acceptors (Lipinski definition) is 8. The molecule has 1 unspecified atom stereocenters. The molecule has 0 aromatic carbocycles. The number of nitrogens with zero attached hydrogens (tertiary/aromatic N) is 3. The Kier molecular flexibility index (Phi) is 8.79. The lowest BCUT2D eigenvalue weighted by Crippen LogP contribution is -2.42. The van der Waals surface area contributed by atoms with Gasteiger partial charge in [-0.1, -0.05) is 13.8 Å². The first-order valence-electron chi connectivity index (χ1n) is 10.2. The van der Waals surface area contributed by atoms with Crippen molar-refractivity contribution in [3.8, 4) is 0 Å². The average molecular weight is 467 g/mol. The van der Waals surface area contributed by atoms with Crippen LogP contribution in [0.15, 0.2) is 23.8 Å². The Balaban J connectivity index is 0.00000176. The molecule has 0 aliphatic carbocycles. The summed E-state index contributed by atoms with van der Waals surface area (Å²) in [6.45, 7) is 8.66. The quantitative estimate of drug-likeness (QED) is 0.392. The molecule has 174 valence electrons. The van der Waals surface area contributed by atoms with Crippen LogP contribution in [0.2, 0.25) is 0 Å². The fourth-order valence-corrected chi connectivity index (χ4v) is 3.19. The van der Waals surface area contributed by atoms with Gasteiger partial charge in [0.15, 0.2) is 11.6 Å². The molecule has 0 bridgehead atoms. The van der Waals surface area contributed by atoms with Gasteiger partial charge in [-0.15, -0.1) is 11.3 Å². The van der Waals surface area contributed by atoms with Crippen LogP contribution in [0.3, 0.4) is 0 Å². The number of anilines is 3. The summed E-state index contributed by atoms with van der Waals surface area (Å²) in [7, 11) is 0. The minimum atomic E-state index is -1.63. The molecule has 1 amide bonds. The fraction of sp³-hybridized carbons (Fsp3) is 0.429. The monoisotopic (exact) mass is 466 g/mol. The number of hydrogen-bond donors (Lipinski definition) is 4. The zero-order chi connectivity index (χ0) is 23.9. The highest BCUT2D eigenvalue weighted by atomic mass is 32.1. The molecule has 0 aliphatic rings. The van der Waals surface area contributed by atoms with Crippen LogP contribution in [-0.4, -0.2) is 50.8 Å². The zero-order valence-electron chi connectivity index (χ0n) is 18.7. The van der Waals surface area contributed by atoms with Crippen molar-refractivity contribution in [2.75, 3.05) is 23.7 Å². The van der Waals surface area contributed by atoms with Crippen LogP contribution in [0.5, 0.6) is 0 Å². The Morgan fingerprint density at radius 3 is 2.66 bits per heavy atom. The Morgan fingerprint density at radius 2 is 2.00 bits per heavy atom. The molecule has 3 heterocycles. The molecule has 3 aromatic rings. The lowest BCUT2D eigenvalue weighted by Gasteiger charge is -2.22. The Hall–Kier alpha value is -2.92. The van der Waals surface area contributed by atoms with Gasteiger partial charge >= 0.3 is 0 Å². The highest BCUT2D eigenvalue weighted by Crippen LogP contribution is 2.25. The van der Waals surface area contributed by atoms with Gasteiger partial charge in [-0.05, 0) is 20.8 Å². The van der Waals surface area contributed by atoms with Crippen molar-refractivity contribution in [2.45, 2.75) is 46.4 Å². The van der Waals surface area contributed by atoms with Gasteiger partial charge in [-0.3, -0.25) is 4.79 Å². The third-order valence-corrected chi connectivity index (χ3v) is 4.98. The van der Waals surface area contributed by atoms with E-state index in [0.29, 0.717) is 22.6 Å². The molecule has 0 saturated carbocycles. The number of thiazole rings is 1. The molecule has 0 aliphatic heterocycles. The zero-order valence-corrected chi connectivity index (χ0v) is 19.5. The number of halogens is 2. The number of pyridine rings is 2. The Morgan fingerprint density at radius 1 is 1.28 bits per heavy atom. The minimum Gasteiger partial charge on any atom is -0.387 e. The molecule has 1 atom stereocenters. The third-order valence-electron chi connectivity index (χ3n) is 4.25. The largest absolute Gasteiger partial charge is 0.387 e. The molecule has 4 N–H and O–H groups in total. The number of nitrogens with one attached hydrogen (secondary N) is 3. The summed E-state index contributed by atoms with van der Waals surface area (Å²) in [5, 5.41) is 17.9. The van der Waals surface area contributed by atoms with Crippen LogP contribution >= 0.6 is 11.3 Å². The van der Waals surface area contributed by atoms with E-state index in [1.807, 2.05) is 20.8 Å². The summed E-state index contributed by atoms with van der Waals surface area (Å²) in [4.78, 5) is 25.4. The first kappa shape index (κ1) is 25.3.